The van der Waals surface area contributed by atoms with Gasteiger partial charge in [0.1, 0.15) is 0 Å². The summed E-state index contributed by atoms with van der Waals surface area (Å²) in [6, 6.07) is 12.1. The van der Waals surface area contributed by atoms with E-state index in [4.69, 9.17) is 0 Å². The van der Waals surface area contributed by atoms with Gasteiger partial charge in [-0.25, -0.2) is 0 Å². The largest absolute Gasteiger partial charge is 0.312 e. The summed E-state index contributed by atoms with van der Waals surface area (Å²) in [5.41, 5.74) is 1.42. The third kappa shape index (κ3) is 4.49. The number of hydrogen-bond acceptors (Lipinski definition) is 2. The molecular formula is C15H24N2. The molecule has 1 saturated carbocycles. The molecule has 2 rings (SSSR count). The molecule has 0 radical (unpaired) electrons. The predicted octanol–water partition coefficient (Wildman–Crippen LogP) is 2.52. The summed E-state index contributed by atoms with van der Waals surface area (Å²) >= 11 is 0. The molecule has 94 valence electrons. The van der Waals surface area contributed by atoms with Crippen LogP contribution in [0.1, 0.15) is 38.2 Å². The van der Waals surface area contributed by atoms with Crippen LogP contribution in [0, 0.1) is 0 Å². The zero-order chi connectivity index (χ0) is 12.1. The van der Waals surface area contributed by atoms with E-state index in [9.17, 15) is 0 Å². The Bertz CT molecular complexity index is 319. The van der Waals surface area contributed by atoms with Crippen LogP contribution in [0.5, 0.6) is 0 Å². The van der Waals surface area contributed by atoms with Crippen LogP contribution in [-0.4, -0.2) is 25.2 Å². The van der Waals surface area contributed by atoms with Crippen molar-refractivity contribution in [3.63, 3.8) is 0 Å². The van der Waals surface area contributed by atoms with Gasteiger partial charge in [0.2, 0.25) is 0 Å². The molecule has 2 heteroatoms. The maximum atomic E-state index is 3.60. The Morgan fingerprint density at radius 1 is 1.12 bits per heavy atom. The maximum absolute atomic E-state index is 3.60. The molecular weight excluding hydrogens is 208 g/mol. The SMILES string of the molecule is CC(CNC1CC1)NCC(C)c1ccccc1. The van der Waals surface area contributed by atoms with Crippen LogP contribution in [0.4, 0.5) is 0 Å². The Labute approximate surface area is 105 Å². The quantitative estimate of drug-likeness (QED) is 0.755. The Balaban J connectivity index is 1.66. The molecule has 1 fully saturated rings. The maximum Gasteiger partial charge on any atom is 0.0164 e. The fourth-order valence-electron chi connectivity index (χ4n) is 1.98. The number of nitrogens with one attached hydrogen (secondary N) is 2. The van der Waals surface area contributed by atoms with Crippen molar-refractivity contribution in [2.45, 2.75) is 44.7 Å². The first kappa shape index (κ1) is 12.6. The van der Waals surface area contributed by atoms with Gasteiger partial charge in [-0.15, -0.1) is 0 Å². The van der Waals surface area contributed by atoms with Crippen LogP contribution in [0.3, 0.4) is 0 Å². The molecule has 2 nitrogen and oxygen atoms in total. The lowest BCUT2D eigenvalue weighted by Gasteiger charge is -2.18. The summed E-state index contributed by atoms with van der Waals surface area (Å²) in [4.78, 5) is 0. The van der Waals surface area contributed by atoms with E-state index < -0.39 is 0 Å². The van der Waals surface area contributed by atoms with Crippen LogP contribution < -0.4 is 10.6 Å². The van der Waals surface area contributed by atoms with Gasteiger partial charge in [0.25, 0.3) is 0 Å². The highest BCUT2D eigenvalue weighted by atomic mass is 15.0. The Kier molecular flexibility index (Phi) is 4.57. The van der Waals surface area contributed by atoms with Crippen LogP contribution in [-0.2, 0) is 0 Å². The van der Waals surface area contributed by atoms with Crippen LogP contribution in [0.25, 0.3) is 0 Å². The molecule has 0 bridgehead atoms. The molecule has 1 aliphatic rings. The summed E-state index contributed by atoms with van der Waals surface area (Å²) in [7, 11) is 0. The zero-order valence-corrected chi connectivity index (χ0v) is 10.9. The van der Waals surface area contributed by atoms with Crippen LogP contribution in [0.2, 0.25) is 0 Å². The monoisotopic (exact) mass is 232 g/mol. The van der Waals surface area contributed by atoms with E-state index in [-0.39, 0.29) is 0 Å². The minimum atomic E-state index is 0.557. The minimum absolute atomic E-state index is 0.557. The van der Waals surface area contributed by atoms with Crippen molar-refractivity contribution in [1.82, 2.24) is 10.6 Å². The third-order valence-electron chi connectivity index (χ3n) is 3.43. The van der Waals surface area contributed by atoms with Gasteiger partial charge in [-0.2, -0.15) is 0 Å². The standard InChI is InChI=1S/C15H24N2/c1-12(14-6-4-3-5-7-14)10-16-13(2)11-17-15-8-9-15/h3-7,12-13,15-17H,8-11H2,1-2H3. The smallest absolute Gasteiger partial charge is 0.0164 e. The van der Waals surface area contributed by atoms with Gasteiger partial charge in [0.15, 0.2) is 0 Å². The molecule has 0 aromatic heterocycles. The van der Waals surface area contributed by atoms with Crippen LogP contribution >= 0.6 is 0 Å². The van der Waals surface area contributed by atoms with E-state index in [1.165, 1.54) is 18.4 Å². The molecule has 0 spiro atoms. The van der Waals surface area contributed by atoms with Gasteiger partial charge in [-0.3, -0.25) is 0 Å². The van der Waals surface area contributed by atoms with Crippen molar-refractivity contribution in [2.24, 2.45) is 0 Å². The summed E-state index contributed by atoms with van der Waals surface area (Å²) < 4.78 is 0. The Morgan fingerprint density at radius 3 is 2.47 bits per heavy atom. The zero-order valence-electron chi connectivity index (χ0n) is 10.9. The van der Waals surface area contributed by atoms with Crippen LogP contribution in [0.15, 0.2) is 30.3 Å². The third-order valence-corrected chi connectivity index (χ3v) is 3.43. The van der Waals surface area contributed by atoms with Gasteiger partial charge in [0, 0.05) is 25.2 Å². The van der Waals surface area contributed by atoms with Crippen molar-refractivity contribution >= 4 is 0 Å². The normalized spacial score (nSPS) is 18.9. The molecule has 2 atom stereocenters. The lowest BCUT2D eigenvalue weighted by atomic mass is 10.0. The Morgan fingerprint density at radius 2 is 1.82 bits per heavy atom. The minimum Gasteiger partial charge on any atom is -0.312 e. The van der Waals surface area contributed by atoms with Crippen molar-refractivity contribution in [1.29, 1.82) is 0 Å². The van der Waals surface area contributed by atoms with Crippen molar-refractivity contribution < 1.29 is 0 Å². The topological polar surface area (TPSA) is 24.1 Å². The van der Waals surface area contributed by atoms with Crippen molar-refractivity contribution in [3.05, 3.63) is 35.9 Å². The van der Waals surface area contributed by atoms with Gasteiger partial charge in [-0.05, 0) is 31.2 Å². The second kappa shape index (κ2) is 6.18. The van der Waals surface area contributed by atoms with Crippen molar-refractivity contribution in [2.75, 3.05) is 13.1 Å². The summed E-state index contributed by atoms with van der Waals surface area (Å²) in [6.07, 6.45) is 2.74. The molecule has 1 aromatic rings. The average molecular weight is 232 g/mol. The molecule has 1 aliphatic carbocycles. The van der Waals surface area contributed by atoms with E-state index in [1.807, 2.05) is 0 Å². The number of hydrogen-bond donors (Lipinski definition) is 2. The van der Waals surface area contributed by atoms with Gasteiger partial charge in [-0.1, -0.05) is 37.3 Å². The first-order valence-electron chi connectivity index (χ1n) is 6.77. The second-order valence-electron chi connectivity index (χ2n) is 5.30. The highest BCUT2D eigenvalue weighted by Gasteiger charge is 2.20. The molecule has 0 heterocycles. The molecule has 2 N–H and O–H groups in total. The van der Waals surface area contributed by atoms with Crippen molar-refractivity contribution in [3.8, 4) is 0 Å². The fourth-order valence-corrected chi connectivity index (χ4v) is 1.98. The predicted molar refractivity (Wildman–Crippen MR) is 73.3 cm³/mol. The lowest BCUT2D eigenvalue weighted by molar-refractivity contribution is 0.483. The first-order chi connectivity index (χ1) is 8.25. The summed E-state index contributed by atoms with van der Waals surface area (Å²) in [6.45, 7) is 6.68. The molecule has 2 unspecified atom stereocenters. The van der Waals surface area contributed by atoms with Gasteiger partial charge < -0.3 is 10.6 Å². The summed E-state index contributed by atoms with van der Waals surface area (Å²) in [5, 5.41) is 7.16. The van der Waals surface area contributed by atoms with Gasteiger partial charge >= 0.3 is 0 Å². The number of benzene rings is 1. The lowest BCUT2D eigenvalue weighted by Crippen LogP contribution is -2.38. The molecule has 0 aliphatic heterocycles. The van der Waals surface area contributed by atoms with E-state index in [2.05, 4.69) is 54.8 Å². The van der Waals surface area contributed by atoms with E-state index >= 15 is 0 Å². The van der Waals surface area contributed by atoms with Gasteiger partial charge in [0.05, 0.1) is 0 Å². The van der Waals surface area contributed by atoms with E-state index in [0.29, 0.717) is 12.0 Å². The summed E-state index contributed by atoms with van der Waals surface area (Å²) in [5.74, 6) is 0.583. The average Bonchev–Trinajstić information content (AvgIpc) is 3.18. The molecule has 0 saturated heterocycles. The molecule has 17 heavy (non-hydrogen) atoms. The number of rotatable bonds is 7. The first-order valence-corrected chi connectivity index (χ1v) is 6.77. The molecule has 0 amide bonds. The highest BCUT2D eigenvalue weighted by molar-refractivity contribution is 5.18. The second-order valence-corrected chi connectivity index (χ2v) is 5.30. The fraction of sp³-hybridized carbons (Fsp3) is 0.600. The Hall–Kier alpha value is -0.860. The molecule has 1 aromatic carbocycles. The highest BCUT2D eigenvalue weighted by Crippen LogP contribution is 2.18. The van der Waals surface area contributed by atoms with E-state index in [0.717, 1.165) is 19.1 Å². The van der Waals surface area contributed by atoms with E-state index in [1.54, 1.807) is 0 Å².